The molecule has 0 aromatic heterocycles. The van der Waals surface area contributed by atoms with Gasteiger partial charge in [-0.15, -0.1) is 0 Å². The highest BCUT2D eigenvalue weighted by molar-refractivity contribution is 6.25. The molecule has 0 aliphatic heterocycles. The normalized spacial score (nSPS) is 29.4. The summed E-state index contributed by atoms with van der Waals surface area (Å²) in [6.45, 7) is 2.42. The van der Waals surface area contributed by atoms with Crippen molar-refractivity contribution in [3.05, 3.63) is 87.4 Å². The number of likely N-dealkylation sites (N-methyl/N-ethyl adjacent to an activating group) is 1. The number of nitrogens with one attached hydrogen (secondary N) is 1. The van der Waals surface area contributed by atoms with E-state index in [1.165, 1.54) is 19.0 Å². The molecule has 6 atom stereocenters. The third-order valence-electron chi connectivity index (χ3n) is 8.70. The van der Waals surface area contributed by atoms with Crippen molar-refractivity contribution in [2.45, 2.75) is 43.7 Å². The van der Waals surface area contributed by atoms with Crippen molar-refractivity contribution in [1.82, 2.24) is 10.2 Å². The Balaban J connectivity index is 1.61. The van der Waals surface area contributed by atoms with Gasteiger partial charge in [0.2, 0.25) is 5.78 Å². The van der Waals surface area contributed by atoms with Crippen molar-refractivity contribution < 1.29 is 39.9 Å². The lowest BCUT2D eigenvalue weighted by atomic mass is 9.55. The Labute approximate surface area is 236 Å². The van der Waals surface area contributed by atoms with Crippen LogP contribution < -0.4 is 11.1 Å². The van der Waals surface area contributed by atoms with Crippen molar-refractivity contribution in [2.75, 3.05) is 14.1 Å². The maximum absolute atomic E-state index is 13.9. The van der Waals surface area contributed by atoms with Gasteiger partial charge in [0, 0.05) is 30.1 Å². The number of aliphatic hydroxyl groups is 4. The van der Waals surface area contributed by atoms with E-state index in [1.54, 1.807) is 19.1 Å². The summed E-state index contributed by atoms with van der Waals surface area (Å²) < 4.78 is 0. The molecule has 0 bridgehead atoms. The van der Waals surface area contributed by atoms with Gasteiger partial charge < -0.3 is 36.6 Å². The number of amides is 1. The van der Waals surface area contributed by atoms with Crippen molar-refractivity contribution in [3.8, 4) is 5.75 Å². The van der Waals surface area contributed by atoms with Crippen molar-refractivity contribution in [3.63, 3.8) is 0 Å². The number of Topliss-reactive ketones (excluding diaryl/α,β-unsaturated/α-hetero) is 2. The van der Waals surface area contributed by atoms with Gasteiger partial charge in [-0.1, -0.05) is 49.4 Å². The van der Waals surface area contributed by atoms with E-state index in [2.05, 4.69) is 5.32 Å². The second kappa shape index (κ2) is 10.1. The van der Waals surface area contributed by atoms with E-state index in [0.717, 1.165) is 5.56 Å². The molecule has 0 saturated carbocycles. The van der Waals surface area contributed by atoms with Gasteiger partial charge in [-0.2, -0.15) is 0 Å². The lowest BCUT2D eigenvalue weighted by molar-refractivity contribution is -0.162. The number of nitrogens with two attached hydrogens (primary N) is 1. The van der Waals surface area contributed by atoms with Crippen LogP contribution >= 0.6 is 0 Å². The maximum atomic E-state index is 13.9. The van der Waals surface area contributed by atoms with Crippen LogP contribution in [0.1, 0.15) is 39.9 Å². The molecule has 41 heavy (non-hydrogen) atoms. The highest BCUT2D eigenvalue weighted by Gasteiger charge is 2.67. The molecule has 0 radical (unpaired) electrons. The zero-order chi connectivity index (χ0) is 30.0. The van der Waals surface area contributed by atoms with Crippen molar-refractivity contribution >= 4 is 17.5 Å². The molecule has 11 heteroatoms. The van der Waals surface area contributed by atoms with Gasteiger partial charge in [-0.05, 0) is 31.1 Å². The molecule has 0 heterocycles. The maximum Gasteiger partial charge on any atom is 0.255 e. The van der Waals surface area contributed by atoms with Crippen LogP contribution in [0, 0.1) is 11.8 Å². The molecule has 0 saturated heterocycles. The number of rotatable bonds is 6. The monoisotopic (exact) mass is 563 g/mol. The Hall–Kier alpha value is -4.03. The largest absolute Gasteiger partial charge is 0.510 e. The van der Waals surface area contributed by atoms with Gasteiger partial charge in [-0.3, -0.25) is 19.3 Å². The van der Waals surface area contributed by atoms with Crippen LogP contribution in [-0.2, 0) is 22.7 Å². The molecule has 5 rings (SSSR count). The Morgan fingerprint density at radius 1 is 1.05 bits per heavy atom. The molecule has 0 spiro atoms. The van der Waals surface area contributed by atoms with Crippen LogP contribution in [0.5, 0.6) is 5.75 Å². The third-order valence-corrected chi connectivity index (χ3v) is 8.70. The zero-order valence-electron chi connectivity index (χ0n) is 22.8. The van der Waals surface area contributed by atoms with E-state index in [-0.39, 0.29) is 17.9 Å². The molecule has 3 aliphatic carbocycles. The van der Waals surface area contributed by atoms with E-state index in [4.69, 9.17) is 5.73 Å². The summed E-state index contributed by atoms with van der Waals surface area (Å²) in [5.41, 5.74) is 2.81. The quantitative estimate of drug-likeness (QED) is 0.249. The smallest absolute Gasteiger partial charge is 0.255 e. The summed E-state index contributed by atoms with van der Waals surface area (Å²) in [7, 11) is 2.99. The number of carbonyl (C=O) groups is 3. The lowest BCUT2D eigenvalue weighted by Gasteiger charge is -2.53. The number of carbonyl (C=O) groups excluding carboxylic acids is 3. The highest BCUT2D eigenvalue weighted by atomic mass is 16.4. The van der Waals surface area contributed by atoms with Gasteiger partial charge in [-0.25, -0.2) is 0 Å². The van der Waals surface area contributed by atoms with Crippen LogP contribution in [0.25, 0.3) is 0 Å². The fourth-order valence-corrected chi connectivity index (χ4v) is 6.75. The number of nitrogens with zero attached hydrogens (tertiary/aromatic N) is 1. The molecule has 3 aliphatic rings. The summed E-state index contributed by atoms with van der Waals surface area (Å²) >= 11 is 0. The molecular weight excluding hydrogens is 530 g/mol. The second-order valence-corrected chi connectivity index (χ2v) is 11.2. The van der Waals surface area contributed by atoms with E-state index in [9.17, 15) is 39.9 Å². The Bertz CT molecular complexity index is 1520. The summed E-state index contributed by atoms with van der Waals surface area (Å²) in [5.74, 6) is -9.00. The average molecular weight is 564 g/mol. The number of hydrogen-bond donors (Lipinski definition) is 7. The first-order valence-corrected chi connectivity index (χ1v) is 13.3. The summed E-state index contributed by atoms with van der Waals surface area (Å²) in [4.78, 5) is 40.9. The van der Waals surface area contributed by atoms with E-state index >= 15 is 0 Å². The summed E-state index contributed by atoms with van der Waals surface area (Å²) in [6, 6.07) is 11.7. The van der Waals surface area contributed by atoms with Crippen LogP contribution in [0.15, 0.2) is 65.1 Å². The number of phenolic OH excluding ortho intramolecular Hbond substituents is 1. The fraction of sp³-hybridized carbons (Fsp3) is 0.367. The van der Waals surface area contributed by atoms with Gasteiger partial charge in [0.05, 0.1) is 23.6 Å². The first-order valence-electron chi connectivity index (χ1n) is 13.3. The SMILES string of the molecule is C[C@H]1c2ccc(CNCc3ccccc3)c(O)c2C(=O)C2=C(O)[C@]3(O)C(=O)C(C(N)=O)=C(O)[C@@H](N(C)C)[C@@H]3[C@@H](O)[C@@H]21. The molecule has 0 unspecified atom stereocenters. The number of aliphatic hydroxyl groups excluding tert-OH is 3. The minimum atomic E-state index is -2.94. The van der Waals surface area contributed by atoms with Crippen LogP contribution in [0.4, 0.5) is 0 Å². The van der Waals surface area contributed by atoms with E-state index in [0.29, 0.717) is 17.7 Å². The third kappa shape index (κ3) is 4.07. The van der Waals surface area contributed by atoms with Gasteiger partial charge in [0.15, 0.2) is 11.4 Å². The Kier molecular flexibility index (Phi) is 7.03. The number of fused-ring (bicyclic) bond motifs is 3. The van der Waals surface area contributed by atoms with E-state index < -0.39 is 75.6 Å². The number of aromatic hydroxyl groups is 1. The molecular formula is C30H33N3O8. The first-order chi connectivity index (χ1) is 19.3. The molecule has 2 aromatic carbocycles. The number of ketones is 2. The second-order valence-electron chi connectivity index (χ2n) is 11.2. The minimum absolute atomic E-state index is 0.107. The highest BCUT2D eigenvalue weighted by Crippen LogP contribution is 2.55. The van der Waals surface area contributed by atoms with Gasteiger partial charge in [0.1, 0.15) is 22.8 Å². The van der Waals surface area contributed by atoms with Gasteiger partial charge in [0.25, 0.3) is 5.91 Å². The molecule has 0 fully saturated rings. The van der Waals surface area contributed by atoms with Crippen LogP contribution in [0.2, 0.25) is 0 Å². The van der Waals surface area contributed by atoms with Crippen LogP contribution in [-0.4, -0.2) is 79.7 Å². The number of benzene rings is 2. The number of phenols is 1. The molecule has 216 valence electrons. The Morgan fingerprint density at radius 3 is 2.32 bits per heavy atom. The predicted molar refractivity (Wildman–Crippen MR) is 147 cm³/mol. The number of hydrogen-bond acceptors (Lipinski definition) is 10. The molecule has 11 nitrogen and oxygen atoms in total. The minimum Gasteiger partial charge on any atom is -0.510 e. The van der Waals surface area contributed by atoms with Crippen molar-refractivity contribution in [1.29, 1.82) is 0 Å². The first kappa shape index (κ1) is 28.5. The molecule has 8 N–H and O–H groups in total. The standard InChI is InChI=1S/C30H33N3O8/c1-13-16-10-9-15(12-32-11-14-7-5-4-6-8-14)23(34)18(16)24(35)19-17(13)25(36)21-22(33(2)3)26(37)20(29(31)40)28(39)30(21,41)27(19)38/h4-10,13,17,21-22,25,32,34,36-38,41H,11-12H2,1-3H3,(H2,31,40)/t13-,17+,21+,22-,25-,30-/m0/s1. The van der Waals surface area contributed by atoms with Crippen LogP contribution in [0.3, 0.4) is 0 Å². The van der Waals surface area contributed by atoms with Crippen molar-refractivity contribution in [2.24, 2.45) is 17.6 Å². The summed E-state index contributed by atoms with van der Waals surface area (Å²) in [6.07, 6.45) is -1.62. The summed E-state index contributed by atoms with van der Waals surface area (Å²) in [5, 5.41) is 60.2. The molecule has 2 aromatic rings. The predicted octanol–water partition coefficient (Wildman–Crippen LogP) is 0.942. The average Bonchev–Trinajstić information content (AvgIpc) is 2.92. The Morgan fingerprint density at radius 2 is 1.71 bits per heavy atom. The fourth-order valence-electron chi connectivity index (χ4n) is 6.75. The molecule has 1 amide bonds. The van der Waals surface area contributed by atoms with Gasteiger partial charge >= 0.3 is 0 Å². The number of primary amides is 1. The topological polar surface area (TPSA) is 194 Å². The lowest BCUT2D eigenvalue weighted by Crippen LogP contribution is -2.68. The van der Waals surface area contributed by atoms with E-state index in [1.807, 2.05) is 30.3 Å². The zero-order valence-corrected chi connectivity index (χ0v) is 22.8.